The SMILES string of the molecule is CC(C)N1CCC(c2nc(C(=O)O)c3n2C(O)CCC3)C1. The smallest absolute Gasteiger partial charge is 0.356 e. The lowest BCUT2D eigenvalue weighted by atomic mass is 10.0. The van der Waals surface area contributed by atoms with Crippen molar-refractivity contribution in [3.05, 3.63) is 17.2 Å². The van der Waals surface area contributed by atoms with Crippen molar-refractivity contribution < 1.29 is 15.0 Å². The fourth-order valence-electron chi connectivity index (χ4n) is 3.56. The summed E-state index contributed by atoms with van der Waals surface area (Å²) in [7, 11) is 0. The quantitative estimate of drug-likeness (QED) is 0.885. The van der Waals surface area contributed by atoms with E-state index in [1.807, 2.05) is 0 Å². The maximum atomic E-state index is 11.4. The van der Waals surface area contributed by atoms with Crippen LogP contribution in [0.1, 0.15) is 67.3 Å². The summed E-state index contributed by atoms with van der Waals surface area (Å²) in [6.07, 6.45) is 2.52. The summed E-state index contributed by atoms with van der Waals surface area (Å²) in [5.41, 5.74) is 0.825. The summed E-state index contributed by atoms with van der Waals surface area (Å²) in [5, 5.41) is 19.6. The maximum Gasteiger partial charge on any atom is 0.356 e. The zero-order chi connectivity index (χ0) is 15.1. The first-order chi connectivity index (χ1) is 9.99. The van der Waals surface area contributed by atoms with Crippen molar-refractivity contribution in [1.82, 2.24) is 14.5 Å². The molecule has 3 heterocycles. The van der Waals surface area contributed by atoms with Crippen LogP contribution in [0, 0.1) is 0 Å². The van der Waals surface area contributed by atoms with E-state index in [4.69, 9.17) is 0 Å². The average molecular weight is 293 g/mol. The lowest BCUT2D eigenvalue weighted by molar-refractivity contribution is 0.0673. The number of aliphatic hydroxyl groups is 1. The molecule has 2 aliphatic rings. The second-order valence-corrected chi connectivity index (χ2v) is 6.39. The minimum absolute atomic E-state index is 0.131. The Hall–Kier alpha value is -1.40. The molecule has 0 radical (unpaired) electrons. The second kappa shape index (κ2) is 5.42. The molecule has 1 saturated heterocycles. The first-order valence-corrected chi connectivity index (χ1v) is 7.75. The Bertz CT molecular complexity index is 553. The van der Waals surface area contributed by atoms with Gasteiger partial charge in [0.25, 0.3) is 0 Å². The third-order valence-electron chi connectivity index (χ3n) is 4.73. The number of fused-ring (bicyclic) bond motifs is 1. The molecule has 1 aromatic rings. The molecule has 0 aromatic carbocycles. The van der Waals surface area contributed by atoms with Gasteiger partial charge in [0.05, 0.1) is 5.69 Å². The molecular formula is C15H23N3O3. The Morgan fingerprint density at radius 3 is 2.76 bits per heavy atom. The van der Waals surface area contributed by atoms with Crippen LogP contribution in [0.25, 0.3) is 0 Å². The number of hydrogen-bond acceptors (Lipinski definition) is 4. The lowest BCUT2D eigenvalue weighted by Gasteiger charge is -2.25. The molecule has 1 aromatic heterocycles. The van der Waals surface area contributed by atoms with Gasteiger partial charge in [-0.1, -0.05) is 0 Å². The molecule has 116 valence electrons. The van der Waals surface area contributed by atoms with Crippen molar-refractivity contribution in [3.8, 4) is 0 Å². The van der Waals surface area contributed by atoms with Crippen molar-refractivity contribution in [3.63, 3.8) is 0 Å². The standard InChI is InChI=1S/C15H23N3O3/c1-9(2)17-7-6-10(8-17)14-16-13(15(20)21)11-4-3-5-12(19)18(11)14/h9-10,12,19H,3-8H2,1-2H3,(H,20,21). The van der Waals surface area contributed by atoms with Crippen molar-refractivity contribution in [2.24, 2.45) is 0 Å². The number of likely N-dealkylation sites (tertiary alicyclic amines) is 1. The number of aliphatic hydroxyl groups excluding tert-OH is 1. The minimum atomic E-state index is -0.988. The molecule has 2 atom stereocenters. The summed E-state index contributed by atoms with van der Waals surface area (Å²) in [5.74, 6) is -0.0115. The van der Waals surface area contributed by atoms with Gasteiger partial charge in [-0.05, 0) is 46.1 Å². The topological polar surface area (TPSA) is 78.6 Å². The highest BCUT2D eigenvalue weighted by molar-refractivity contribution is 5.87. The highest BCUT2D eigenvalue weighted by Crippen LogP contribution is 2.34. The van der Waals surface area contributed by atoms with E-state index in [0.717, 1.165) is 31.8 Å². The van der Waals surface area contributed by atoms with E-state index in [1.165, 1.54) is 0 Å². The first-order valence-electron chi connectivity index (χ1n) is 7.75. The molecule has 2 aliphatic heterocycles. The molecule has 0 spiro atoms. The first kappa shape index (κ1) is 14.5. The zero-order valence-electron chi connectivity index (χ0n) is 12.6. The molecule has 0 bridgehead atoms. The van der Waals surface area contributed by atoms with Crippen molar-refractivity contribution in [2.45, 2.75) is 57.7 Å². The highest BCUT2D eigenvalue weighted by Gasteiger charge is 2.35. The van der Waals surface area contributed by atoms with Gasteiger partial charge in [-0.15, -0.1) is 0 Å². The molecule has 6 nitrogen and oxygen atoms in total. The lowest BCUT2D eigenvalue weighted by Crippen LogP contribution is -2.28. The van der Waals surface area contributed by atoms with Crippen LogP contribution in [-0.4, -0.2) is 49.8 Å². The molecule has 21 heavy (non-hydrogen) atoms. The third kappa shape index (κ3) is 2.46. The highest BCUT2D eigenvalue weighted by atomic mass is 16.4. The van der Waals surface area contributed by atoms with E-state index >= 15 is 0 Å². The van der Waals surface area contributed by atoms with Gasteiger partial charge >= 0.3 is 5.97 Å². The van der Waals surface area contributed by atoms with Gasteiger partial charge < -0.3 is 19.7 Å². The Labute approximate surface area is 124 Å². The van der Waals surface area contributed by atoms with Crippen LogP contribution in [0.3, 0.4) is 0 Å². The number of aromatic carboxylic acids is 1. The third-order valence-corrected chi connectivity index (χ3v) is 4.73. The number of nitrogens with zero attached hydrogens (tertiary/aromatic N) is 3. The Morgan fingerprint density at radius 1 is 1.38 bits per heavy atom. The van der Waals surface area contributed by atoms with Crippen LogP contribution in [-0.2, 0) is 6.42 Å². The Balaban J connectivity index is 1.97. The fraction of sp³-hybridized carbons (Fsp3) is 0.733. The number of rotatable bonds is 3. The van der Waals surface area contributed by atoms with E-state index in [1.54, 1.807) is 4.57 Å². The van der Waals surface area contributed by atoms with Gasteiger partial charge in [-0.2, -0.15) is 0 Å². The molecule has 0 amide bonds. The molecule has 3 rings (SSSR count). The van der Waals surface area contributed by atoms with Crippen LogP contribution >= 0.6 is 0 Å². The number of hydrogen-bond donors (Lipinski definition) is 2. The summed E-state index contributed by atoms with van der Waals surface area (Å²) in [6.45, 7) is 6.23. The summed E-state index contributed by atoms with van der Waals surface area (Å²) in [4.78, 5) is 18.2. The predicted octanol–water partition coefficient (Wildman–Crippen LogP) is 1.61. The summed E-state index contributed by atoms with van der Waals surface area (Å²) >= 11 is 0. The van der Waals surface area contributed by atoms with Crippen molar-refractivity contribution in [1.29, 1.82) is 0 Å². The van der Waals surface area contributed by atoms with Gasteiger partial charge in [0.1, 0.15) is 12.1 Å². The van der Waals surface area contributed by atoms with Gasteiger partial charge in [-0.25, -0.2) is 9.78 Å². The molecule has 0 aliphatic carbocycles. The maximum absolute atomic E-state index is 11.4. The van der Waals surface area contributed by atoms with E-state index in [-0.39, 0.29) is 11.6 Å². The number of aromatic nitrogens is 2. The summed E-state index contributed by atoms with van der Waals surface area (Å²) in [6, 6.07) is 0.481. The Morgan fingerprint density at radius 2 is 2.14 bits per heavy atom. The number of imidazole rings is 1. The van der Waals surface area contributed by atoms with E-state index in [9.17, 15) is 15.0 Å². The van der Waals surface area contributed by atoms with Crippen LogP contribution in [0.15, 0.2) is 0 Å². The average Bonchev–Trinajstić information content (AvgIpc) is 3.03. The largest absolute Gasteiger partial charge is 0.476 e. The van der Waals surface area contributed by atoms with Crippen LogP contribution in [0.4, 0.5) is 0 Å². The van der Waals surface area contributed by atoms with Crippen LogP contribution in [0.2, 0.25) is 0 Å². The molecular weight excluding hydrogens is 270 g/mol. The monoisotopic (exact) mass is 293 g/mol. The van der Waals surface area contributed by atoms with Crippen molar-refractivity contribution in [2.75, 3.05) is 13.1 Å². The Kier molecular flexibility index (Phi) is 3.75. The molecule has 2 N–H and O–H groups in total. The zero-order valence-corrected chi connectivity index (χ0v) is 12.6. The number of carboxylic acids is 1. The van der Waals surface area contributed by atoms with Gasteiger partial charge in [0.2, 0.25) is 0 Å². The predicted molar refractivity (Wildman–Crippen MR) is 77.4 cm³/mol. The normalized spacial score (nSPS) is 26.3. The molecule has 1 fully saturated rings. The van der Waals surface area contributed by atoms with Crippen LogP contribution in [0.5, 0.6) is 0 Å². The van der Waals surface area contributed by atoms with Gasteiger partial charge in [-0.3, -0.25) is 0 Å². The van der Waals surface area contributed by atoms with Gasteiger partial charge in [0, 0.05) is 18.5 Å². The molecule has 6 heteroatoms. The second-order valence-electron chi connectivity index (χ2n) is 6.39. The van der Waals surface area contributed by atoms with E-state index < -0.39 is 12.2 Å². The number of carboxylic acid groups (broad SMARTS) is 1. The van der Waals surface area contributed by atoms with E-state index in [0.29, 0.717) is 24.6 Å². The molecule has 2 unspecified atom stereocenters. The minimum Gasteiger partial charge on any atom is -0.476 e. The van der Waals surface area contributed by atoms with Gasteiger partial charge in [0.15, 0.2) is 5.69 Å². The fourth-order valence-corrected chi connectivity index (χ4v) is 3.56. The molecule has 0 saturated carbocycles. The summed E-state index contributed by atoms with van der Waals surface area (Å²) < 4.78 is 1.79. The number of carbonyl (C=O) groups is 1. The van der Waals surface area contributed by atoms with Crippen molar-refractivity contribution >= 4 is 5.97 Å². The van der Waals surface area contributed by atoms with Crippen LogP contribution < -0.4 is 0 Å². The van der Waals surface area contributed by atoms with E-state index in [2.05, 4.69) is 23.7 Å².